The third-order valence-electron chi connectivity index (χ3n) is 1.61. The van der Waals surface area contributed by atoms with Gasteiger partial charge in [-0.3, -0.25) is 0 Å². The minimum Gasteiger partial charge on any atom is -0.215 e. The van der Waals surface area contributed by atoms with Gasteiger partial charge in [0.2, 0.25) is 10.0 Å². The van der Waals surface area contributed by atoms with E-state index in [4.69, 9.17) is 0 Å². The van der Waals surface area contributed by atoms with E-state index in [1.807, 2.05) is 20.8 Å². The van der Waals surface area contributed by atoms with Crippen LogP contribution in [0.5, 0.6) is 0 Å². The molecule has 0 aliphatic heterocycles. The smallest absolute Gasteiger partial charge is 0.211 e. The molecule has 0 spiro atoms. The number of halogens is 1. The van der Waals surface area contributed by atoms with Gasteiger partial charge in [0.05, 0.1) is 5.75 Å². The van der Waals surface area contributed by atoms with Crippen LogP contribution < -0.4 is 4.72 Å². The van der Waals surface area contributed by atoms with Gasteiger partial charge < -0.3 is 0 Å². The molecule has 0 aliphatic rings. The van der Waals surface area contributed by atoms with Crippen LogP contribution in [-0.4, -0.2) is 26.0 Å². The van der Waals surface area contributed by atoms with Crippen molar-refractivity contribution in [2.24, 2.45) is 5.41 Å². The first-order valence-electron chi connectivity index (χ1n) is 4.36. The highest BCUT2D eigenvalue weighted by Gasteiger charge is 2.19. The zero-order valence-corrected chi connectivity index (χ0v) is 10.8. The van der Waals surface area contributed by atoms with Crippen LogP contribution in [-0.2, 0) is 10.0 Å². The lowest BCUT2D eigenvalue weighted by Crippen LogP contribution is -2.36. The predicted molar refractivity (Wildman–Crippen MR) is 59.7 cm³/mol. The summed E-state index contributed by atoms with van der Waals surface area (Å²) in [5.41, 5.74) is -0.0270. The normalized spacial score (nSPS) is 13.2. The third-order valence-corrected chi connectivity index (χ3v) is 4.65. The highest BCUT2D eigenvalue weighted by molar-refractivity contribution is 9.09. The molecule has 0 aromatic rings. The second-order valence-corrected chi connectivity index (χ2v) is 6.42. The number of rotatable bonds is 6. The Morgan fingerprint density at radius 3 is 2.31 bits per heavy atom. The molecule has 0 saturated heterocycles. The van der Waals surface area contributed by atoms with Crippen LogP contribution in [0.4, 0.5) is 0 Å². The number of alkyl halides is 1. The Morgan fingerprint density at radius 2 is 1.92 bits per heavy atom. The quantitative estimate of drug-likeness (QED) is 0.749. The third kappa shape index (κ3) is 6.46. The van der Waals surface area contributed by atoms with E-state index in [2.05, 4.69) is 20.7 Å². The summed E-state index contributed by atoms with van der Waals surface area (Å²) in [6.45, 7) is 6.36. The molecule has 0 unspecified atom stereocenters. The molecule has 1 N–H and O–H groups in total. The molecule has 0 radical (unpaired) electrons. The van der Waals surface area contributed by atoms with Gasteiger partial charge in [-0.25, -0.2) is 13.1 Å². The number of hydrogen-bond acceptors (Lipinski definition) is 2. The molecule has 5 heteroatoms. The predicted octanol–water partition coefficient (Wildman–Crippen LogP) is 1.74. The maximum atomic E-state index is 11.3. The SMILES string of the molecule is CCCS(=O)(=O)NCC(C)(C)CBr. The van der Waals surface area contributed by atoms with Crippen molar-refractivity contribution < 1.29 is 8.42 Å². The van der Waals surface area contributed by atoms with Crippen molar-refractivity contribution in [2.75, 3.05) is 17.6 Å². The van der Waals surface area contributed by atoms with Crippen molar-refractivity contribution in [3.05, 3.63) is 0 Å². The molecule has 0 aliphatic carbocycles. The Hall–Kier alpha value is 0.390. The Balaban J connectivity index is 4.02. The van der Waals surface area contributed by atoms with Crippen molar-refractivity contribution in [3.63, 3.8) is 0 Å². The monoisotopic (exact) mass is 271 g/mol. The maximum Gasteiger partial charge on any atom is 0.211 e. The number of nitrogens with one attached hydrogen (secondary N) is 1. The van der Waals surface area contributed by atoms with Gasteiger partial charge in [0.15, 0.2) is 0 Å². The fraction of sp³-hybridized carbons (Fsp3) is 1.00. The molecule has 0 aromatic carbocycles. The van der Waals surface area contributed by atoms with Gasteiger partial charge in [-0.15, -0.1) is 0 Å². The van der Waals surface area contributed by atoms with Gasteiger partial charge >= 0.3 is 0 Å². The van der Waals surface area contributed by atoms with Crippen LogP contribution in [0.15, 0.2) is 0 Å². The zero-order chi connectivity index (χ0) is 10.5. The summed E-state index contributed by atoms with van der Waals surface area (Å²) >= 11 is 3.34. The van der Waals surface area contributed by atoms with E-state index >= 15 is 0 Å². The summed E-state index contributed by atoms with van der Waals surface area (Å²) in [4.78, 5) is 0. The van der Waals surface area contributed by atoms with Gasteiger partial charge in [-0.05, 0) is 11.8 Å². The van der Waals surface area contributed by atoms with Gasteiger partial charge in [0.25, 0.3) is 0 Å². The molecular formula is C8H18BrNO2S. The van der Waals surface area contributed by atoms with Crippen molar-refractivity contribution >= 4 is 26.0 Å². The highest BCUT2D eigenvalue weighted by Crippen LogP contribution is 2.16. The molecule has 0 amide bonds. The van der Waals surface area contributed by atoms with Gasteiger partial charge in [0, 0.05) is 11.9 Å². The van der Waals surface area contributed by atoms with Crippen LogP contribution in [0.3, 0.4) is 0 Å². The van der Waals surface area contributed by atoms with Crippen molar-refractivity contribution in [2.45, 2.75) is 27.2 Å². The average Bonchev–Trinajstić information content (AvgIpc) is 2.02. The van der Waals surface area contributed by atoms with Crippen LogP contribution >= 0.6 is 15.9 Å². The first-order valence-corrected chi connectivity index (χ1v) is 7.13. The molecule has 3 nitrogen and oxygen atoms in total. The molecule has 0 fully saturated rings. The second-order valence-electron chi connectivity index (χ2n) is 3.94. The van der Waals surface area contributed by atoms with Gasteiger partial charge in [0.1, 0.15) is 0 Å². The molecule has 0 bridgehead atoms. The van der Waals surface area contributed by atoms with Crippen LogP contribution in [0.1, 0.15) is 27.2 Å². The zero-order valence-electron chi connectivity index (χ0n) is 8.43. The average molecular weight is 272 g/mol. The van der Waals surface area contributed by atoms with Crippen LogP contribution in [0.2, 0.25) is 0 Å². The summed E-state index contributed by atoms with van der Waals surface area (Å²) in [6, 6.07) is 0. The van der Waals surface area contributed by atoms with E-state index < -0.39 is 10.0 Å². The Bertz CT molecular complexity index is 237. The molecule has 0 saturated carbocycles. The molecule has 80 valence electrons. The molecule has 0 atom stereocenters. The molecule has 0 aromatic heterocycles. The Kier molecular flexibility index (Phi) is 5.47. The minimum atomic E-state index is -3.05. The number of hydrogen-bond donors (Lipinski definition) is 1. The lowest BCUT2D eigenvalue weighted by atomic mass is 9.98. The number of sulfonamides is 1. The summed E-state index contributed by atoms with van der Waals surface area (Å²) in [6.07, 6.45) is 0.657. The summed E-state index contributed by atoms with van der Waals surface area (Å²) in [7, 11) is -3.05. The van der Waals surface area contributed by atoms with Crippen molar-refractivity contribution in [1.29, 1.82) is 0 Å². The standard InChI is InChI=1S/C8H18BrNO2S/c1-4-5-13(11,12)10-7-8(2,3)6-9/h10H,4-7H2,1-3H3. The van der Waals surface area contributed by atoms with E-state index in [1.54, 1.807) is 0 Å². The van der Waals surface area contributed by atoms with Gasteiger partial charge in [-0.1, -0.05) is 36.7 Å². The minimum absolute atomic E-state index is 0.0270. The van der Waals surface area contributed by atoms with Crippen molar-refractivity contribution in [1.82, 2.24) is 4.72 Å². The van der Waals surface area contributed by atoms with Crippen molar-refractivity contribution in [3.8, 4) is 0 Å². The fourth-order valence-corrected chi connectivity index (χ4v) is 2.18. The Morgan fingerprint density at radius 1 is 1.38 bits per heavy atom. The van der Waals surface area contributed by atoms with E-state index in [-0.39, 0.29) is 11.2 Å². The first kappa shape index (κ1) is 13.4. The maximum absolute atomic E-state index is 11.3. The lowest BCUT2D eigenvalue weighted by molar-refractivity contribution is 0.420. The van der Waals surface area contributed by atoms with Crippen LogP contribution in [0.25, 0.3) is 0 Å². The van der Waals surface area contributed by atoms with E-state index in [1.165, 1.54) is 0 Å². The first-order chi connectivity index (χ1) is 5.83. The van der Waals surface area contributed by atoms with E-state index in [0.717, 1.165) is 5.33 Å². The highest BCUT2D eigenvalue weighted by atomic mass is 79.9. The second kappa shape index (κ2) is 5.32. The van der Waals surface area contributed by atoms with Crippen LogP contribution in [0, 0.1) is 5.41 Å². The lowest BCUT2D eigenvalue weighted by Gasteiger charge is -2.21. The van der Waals surface area contributed by atoms with E-state index in [0.29, 0.717) is 13.0 Å². The molecular weight excluding hydrogens is 254 g/mol. The molecule has 0 heterocycles. The fourth-order valence-electron chi connectivity index (χ4n) is 0.693. The molecule has 13 heavy (non-hydrogen) atoms. The van der Waals surface area contributed by atoms with E-state index in [9.17, 15) is 8.42 Å². The van der Waals surface area contributed by atoms with Gasteiger partial charge in [-0.2, -0.15) is 0 Å². The Labute approximate surface area is 89.5 Å². The summed E-state index contributed by atoms with van der Waals surface area (Å²) < 4.78 is 25.1. The topological polar surface area (TPSA) is 46.2 Å². The molecule has 0 rings (SSSR count). The largest absolute Gasteiger partial charge is 0.215 e. The summed E-state index contributed by atoms with van der Waals surface area (Å²) in [5.74, 6) is 0.214. The summed E-state index contributed by atoms with van der Waals surface area (Å²) in [5, 5.41) is 0.786.